The molecule has 1 fully saturated rings. The zero-order chi connectivity index (χ0) is 20.5. The van der Waals surface area contributed by atoms with Gasteiger partial charge in [-0.25, -0.2) is 4.39 Å². The van der Waals surface area contributed by atoms with Crippen LogP contribution in [0.1, 0.15) is 18.9 Å². The van der Waals surface area contributed by atoms with Crippen molar-refractivity contribution in [3.63, 3.8) is 0 Å². The van der Waals surface area contributed by atoms with E-state index in [0.29, 0.717) is 18.9 Å². The standard InChI is InChI=1S/C23H30FN3O2/c1-2-19-6-3-4-7-22(19)25-23(28)18-27-15-13-26(14-16-27)12-5-17-29-21-10-8-20(24)9-11-21/h3-4,6-11H,2,5,12-18H2,1H3,(H,25,28)/p+2. The number of amides is 1. The molecule has 1 saturated heterocycles. The van der Waals surface area contributed by atoms with Gasteiger partial charge >= 0.3 is 0 Å². The van der Waals surface area contributed by atoms with Crippen molar-refractivity contribution in [3.05, 3.63) is 59.9 Å². The molecule has 0 bridgehead atoms. The van der Waals surface area contributed by atoms with Crippen molar-refractivity contribution in [2.24, 2.45) is 0 Å². The Morgan fingerprint density at radius 3 is 2.45 bits per heavy atom. The largest absolute Gasteiger partial charge is 0.493 e. The molecule has 0 aliphatic carbocycles. The van der Waals surface area contributed by atoms with Crippen LogP contribution < -0.4 is 19.9 Å². The first kappa shape index (κ1) is 21.3. The highest BCUT2D eigenvalue weighted by Crippen LogP contribution is 2.14. The van der Waals surface area contributed by atoms with Crippen molar-refractivity contribution in [2.75, 3.05) is 51.2 Å². The Hall–Kier alpha value is -2.44. The van der Waals surface area contributed by atoms with Crippen LogP contribution in [0.3, 0.4) is 0 Å². The molecule has 1 aliphatic rings. The van der Waals surface area contributed by atoms with Gasteiger partial charge in [0, 0.05) is 12.1 Å². The number of rotatable bonds is 9. The number of para-hydroxylation sites is 1. The summed E-state index contributed by atoms with van der Waals surface area (Å²) >= 11 is 0. The molecule has 3 rings (SSSR count). The minimum absolute atomic E-state index is 0.0945. The molecule has 0 aromatic heterocycles. The molecule has 1 aliphatic heterocycles. The fourth-order valence-electron chi connectivity index (χ4n) is 3.80. The van der Waals surface area contributed by atoms with Gasteiger partial charge in [-0.05, 0) is 42.3 Å². The van der Waals surface area contributed by atoms with Gasteiger partial charge in [0.05, 0.1) is 13.2 Å². The Balaban J connectivity index is 1.31. The van der Waals surface area contributed by atoms with Crippen LogP contribution in [0, 0.1) is 5.82 Å². The molecule has 0 atom stereocenters. The number of aryl methyl sites for hydroxylation is 1. The summed E-state index contributed by atoms with van der Waals surface area (Å²) in [6, 6.07) is 14.2. The second-order valence-electron chi connectivity index (χ2n) is 7.64. The first-order valence-corrected chi connectivity index (χ1v) is 10.6. The van der Waals surface area contributed by atoms with Gasteiger partial charge in [0.25, 0.3) is 5.91 Å². The van der Waals surface area contributed by atoms with Crippen LogP contribution in [-0.4, -0.2) is 51.8 Å². The number of hydrogen-bond donors (Lipinski definition) is 3. The molecular weight excluding hydrogens is 369 g/mol. The fraction of sp³-hybridized carbons (Fsp3) is 0.435. The lowest BCUT2D eigenvalue weighted by Gasteiger charge is -2.29. The van der Waals surface area contributed by atoms with E-state index in [1.165, 1.54) is 22.6 Å². The summed E-state index contributed by atoms with van der Waals surface area (Å²) in [4.78, 5) is 15.3. The second-order valence-corrected chi connectivity index (χ2v) is 7.64. The molecule has 3 N–H and O–H groups in total. The Labute approximate surface area is 172 Å². The molecule has 2 aromatic carbocycles. The van der Waals surface area contributed by atoms with E-state index < -0.39 is 0 Å². The quantitative estimate of drug-likeness (QED) is 0.539. The molecule has 1 heterocycles. The van der Waals surface area contributed by atoms with Gasteiger partial charge in [-0.2, -0.15) is 0 Å². The van der Waals surface area contributed by atoms with E-state index in [2.05, 4.69) is 18.3 Å². The minimum Gasteiger partial charge on any atom is -0.493 e. The third-order valence-electron chi connectivity index (χ3n) is 5.50. The summed E-state index contributed by atoms with van der Waals surface area (Å²) in [5, 5.41) is 3.07. The molecule has 0 radical (unpaired) electrons. The van der Waals surface area contributed by atoms with E-state index in [1.807, 2.05) is 18.2 Å². The predicted molar refractivity (Wildman–Crippen MR) is 112 cm³/mol. The van der Waals surface area contributed by atoms with E-state index in [1.54, 1.807) is 17.0 Å². The van der Waals surface area contributed by atoms with Gasteiger partial charge in [-0.1, -0.05) is 25.1 Å². The normalized spacial score (nSPS) is 19.0. The van der Waals surface area contributed by atoms with Crippen molar-refractivity contribution in [3.8, 4) is 5.75 Å². The Morgan fingerprint density at radius 1 is 1.03 bits per heavy atom. The number of carbonyl (C=O) groups excluding carboxylic acids is 1. The van der Waals surface area contributed by atoms with E-state index in [9.17, 15) is 9.18 Å². The zero-order valence-electron chi connectivity index (χ0n) is 17.2. The highest BCUT2D eigenvalue weighted by Gasteiger charge is 2.24. The summed E-state index contributed by atoms with van der Waals surface area (Å²) in [5.41, 5.74) is 2.11. The lowest BCUT2D eigenvalue weighted by molar-refractivity contribution is -1.01. The van der Waals surface area contributed by atoms with E-state index >= 15 is 0 Å². The van der Waals surface area contributed by atoms with Crippen LogP contribution in [0.5, 0.6) is 5.75 Å². The lowest BCUT2D eigenvalue weighted by Crippen LogP contribution is -3.28. The first-order valence-electron chi connectivity index (χ1n) is 10.6. The number of anilines is 1. The Morgan fingerprint density at radius 2 is 1.72 bits per heavy atom. The summed E-state index contributed by atoms with van der Waals surface area (Å²) in [6.45, 7) is 8.50. The van der Waals surface area contributed by atoms with Crippen molar-refractivity contribution < 1.29 is 23.7 Å². The van der Waals surface area contributed by atoms with Gasteiger partial charge in [0.15, 0.2) is 6.54 Å². The van der Waals surface area contributed by atoms with Crippen LogP contribution in [0.2, 0.25) is 0 Å². The number of benzene rings is 2. The third kappa shape index (κ3) is 6.84. The highest BCUT2D eigenvalue weighted by molar-refractivity contribution is 5.92. The zero-order valence-corrected chi connectivity index (χ0v) is 17.2. The number of nitrogens with one attached hydrogen (secondary N) is 3. The van der Waals surface area contributed by atoms with Crippen LogP contribution >= 0.6 is 0 Å². The second kappa shape index (κ2) is 10.9. The van der Waals surface area contributed by atoms with Crippen LogP contribution in [-0.2, 0) is 11.2 Å². The average Bonchev–Trinajstić information content (AvgIpc) is 2.74. The number of carbonyl (C=O) groups is 1. The predicted octanol–water partition coefficient (Wildman–Crippen LogP) is 0.579. The summed E-state index contributed by atoms with van der Waals surface area (Å²) in [7, 11) is 0. The van der Waals surface area contributed by atoms with Crippen molar-refractivity contribution in [1.29, 1.82) is 0 Å². The van der Waals surface area contributed by atoms with Crippen molar-refractivity contribution in [1.82, 2.24) is 0 Å². The SMILES string of the molecule is CCc1ccccc1NC(=O)C[NH+]1CC[NH+](CCCOc2ccc(F)cc2)CC1. The summed E-state index contributed by atoms with van der Waals surface area (Å²) < 4.78 is 18.5. The van der Waals surface area contributed by atoms with E-state index in [4.69, 9.17) is 4.74 Å². The maximum Gasteiger partial charge on any atom is 0.279 e. The van der Waals surface area contributed by atoms with Gasteiger partial charge in [-0.15, -0.1) is 0 Å². The highest BCUT2D eigenvalue weighted by atomic mass is 19.1. The molecule has 0 spiro atoms. The topological polar surface area (TPSA) is 47.2 Å². The molecule has 5 nitrogen and oxygen atoms in total. The van der Waals surface area contributed by atoms with Crippen LogP contribution in [0.4, 0.5) is 10.1 Å². The van der Waals surface area contributed by atoms with Crippen LogP contribution in [0.15, 0.2) is 48.5 Å². The van der Waals surface area contributed by atoms with E-state index in [0.717, 1.165) is 51.3 Å². The van der Waals surface area contributed by atoms with Crippen molar-refractivity contribution in [2.45, 2.75) is 19.8 Å². The average molecular weight is 402 g/mol. The molecule has 0 unspecified atom stereocenters. The molecule has 2 aromatic rings. The van der Waals surface area contributed by atoms with Crippen LogP contribution in [0.25, 0.3) is 0 Å². The van der Waals surface area contributed by atoms with E-state index in [-0.39, 0.29) is 11.7 Å². The number of ether oxygens (including phenoxy) is 1. The molecule has 1 amide bonds. The monoisotopic (exact) mass is 401 g/mol. The number of halogens is 1. The molecular formula is C23H32FN3O2+2. The maximum atomic E-state index is 12.9. The Bertz CT molecular complexity index is 774. The first-order chi connectivity index (χ1) is 14.1. The lowest BCUT2D eigenvalue weighted by atomic mass is 10.1. The number of hydrogen-bond acceptors (Lipinski definition) is 2. The number of piperazine rings is 1. The van der Waals surface area contributed by atoms with Gasteiger partial charge in [0.2, 0.25) is 0 Å². The molecule has 0 saturated carbocycles. The summed E-state index contributed by atoms with van der Waals surface area (Å²) in [5.74, 6) is 0.564. The van der Waals surface area contributed by atoms with Crippen molar-refractivity contribution >= 4 is 11.6 Å². The Kier molecular flexibility index (Phi) is 8.02. The maximum absolute atomic E-state index is 12.9. The fourth-order valence-corrected chi connectivity index (χ4v) is 3.80. The smallest absolute Gasteiger partial charge is 0.279 e. The number of quaternary nitrogens is 2. The minimum atomic E-state index is -0.245. The third-order valence-corrected chi connectivity index (χ3v) is 5.50. The van der Waals surface area contributed by atoms with Gasteiger partial charge < -0.3 is 19.9 Å². The molecule has 29 heavy (non-hydrogen) atoms. The van der Waals surface area contributed by atoms with Gasteiger partial charge in [-0.3, -0.25) is 4.79 Å². The summed E-state index contributed by atoms with van der Waals surface area (Å²) in [6.07, 6.45) is 1.88. The molecule has 6 heteroatoms. The molecule has 156 valence electrons. The van der Waals surface area contributed by atoms with Gasteiger partial charge in [0.1, 0.15) is 37.7 Å².